The van der Waals surface area contributed by atoms with Crippen LogP contribution in [0.2, 0.25) is 0 Å². The van der Waals surface area contributed by atoms with Crippen LogP contribution in [0.1, 0.15) is 32.6 Å². The summed E-state index contributed by atoms with van der Waals surface area (Å²) < 4.78 is 4.77. The van der Waals surface area contributed by atoms with Crippen molar-refractivity contribution in [3.05, 3.63) is 12.2 Å². The molecule has 0 fully saturated rings. The molecule has 0 amide bonds. The maximum Gasteiger partial charge on any atom is 0.302 e. The summed E-state index contributed by atoms with van der Waals surface area (Å²) >= 11 is 0. The minimum Gasteiger partial charge on any atom is -0.466 e. The standard InChI is InChI=1S/C10H18O3/c1-10(12)13-9-7-5-3-2-4-6-8-11/h2,4,11H,3,5-9H2,1H3. The number of hydrogen-bond donors (Lipinski definition) is 1. The van der Waals surface area contributed by atoms with Gasteiger partial charge in [0.2, 0.25) is 0 Å². The molecule has 0 aromatic heterocycles. The summed E-state index contributed by atoms with van der Waals surface area (Å²) in [5, 5.41) is 8.46. The highest BCUT2D eigenvalue weighted by molar-refractivity contribution is 5.65. The van der Waals surface area contributed by atoms with E-state index in [0.29, 0.717) is 6.61 Å². The lowest BCUT2D eigenvalue weighted by Crippen LogP contribution is -1.99. The first kappa shape index (κ1) is 12.2. The van der Waals surface area contributed by atoms with Crippen molar-refractivity contribution in [2.75, 3.05) is 13.2 Å². The van der Waals surface area contributed by atoms with E-state index in [0.717, 1.165) is 25.7 Å². The van der Waals surface area contributed by atoms with E-state index in [1.807, 2.05) is 12.2 Å². The van der Waals surface area contributed by atoms with Gasteiger partial charge in [0.25, 0.3) is 0 Å². The van der Waals surface area contributed by atoms with E-state index in [-0.39, 0.29) is 12.6 Å². The number of carbonyl (C=O) groups is 1. The van der Waals surface area contributed by atoms with Crippen LogP contribution in [0.3, 0.4) is 0 Å². The second-order valence-electron chi connectivity index (χ2n) is 2.82. The highest BCUT2D eigenvalue weighted by atomic mass is 16.5. The number of aliphatic hydroxyl groups excluding tert-OH is 1. The Labute approximate surface area is 79.4 Å². The number of unbranched alkanes of at least 4 members (excludes halogenated alkanes) is 2. The Bertz CT molecular complexity index is 152. The third kappa shape index (κ3) is 11.2. The van der Waals surface area contributed by atoms with E-state index in [1.165, 1.54) is 6.92 Å². The van der Waals surface area contributed by atoms with Gasteiger partial charge in [-0.25, -0.2) is 0 Å². The van der Waals surface area contributed by atoms with Gasteiger partial charge in [-0.05, 0) is 25.7 Å². The van der Waals surface area contributed by atoms with Crippen molar-refractivity contribution in [1.29, 1.82) is 0 Å². The Morgan fingerprint density at radius 3 is 2.62 bits per heavy atom. The Hall–Kier alpha value is -0.830. The van der Waals surface area contributed by atoms with Crippen molar-refractivity contribution >= 4 is 5.97 Å². The average molecular weight is 186 g/mol. The Kier molecular flexibility index (Phi) is 8.67. The minimum absolute atomic E-state index is 0.212. The van der Waals surface area contributed by atoms with E-state index >= 15 is 0 Å². The number of esters is 1. The van der Waals surface area contributed by atoms with Crippen LogP contribution in [0.4, 0.5) is 0 Å². The van der Waals surface area contributed by atoms with Crippen molar-refractivity contribution in [3.63, 3.8) is 0 Å². The van der Waals surface area contributed by atoms with E-state index in [4.69, 9.17) is 9.84 Å². The molecule has 0 saturated carbocycles. The number of hydrogen-bond acceptors (Lipinski definition) is 3. The van der Waals surface area contributed by atoms with Crippen LogP contribution in [0.15, 0.2) is 12.2 Å². The third-order valence-electron chi connectivity index (χ3n) is 1.53. The molecule has 0 atom stereocenters. The monoisotopic (exact) mass is 186 g/mol. The molecular formula is C10H18O3. The first-order chi connectivity index (χ1) is 6.27. The molecule has 0 rings (SSSR count). The predicted octanol–water partition coefficient (Wildman–Crippen LogP) is 1.66. The third-order valence-corrected chi connectivity index (χ3v) is 1.53. The summed E-state index contributed by atoms with van der Waals surface area (Å²) in [6.45, 7) is 2.15. The van der Waals surface area contributed by atoms with Gasteiger partial charge in [-0.15, -0.1) is 0 Å². The topological polar surface area (TPSA) is 46.5 Å². The molecule has 0 bridgehead atoms. The molecule has 1 N–H and O–H groups in total. The molecule has 0 aliphatic rings. The zero-order valence-corrected chi connectivity index (χ0v) is 8.16. The lowest BCUT2D eigenvalue weighted by Gasteiger charge is -1.99. The summed E-state index contributed by atoms with van der Waals surface area (Å²) in [5.41, 5.74) is 0. The first-order valence-corrected chi connectivity index (χ1v) is 4.66. The second kappa shape index (κ2) is 9.26. The molecule has 0 radical (unpaired) electrons. The van der Waals surface area contributed by atoms with Gasteiger partial charge >= 0.3 is 5.97 Å². The number of rotatable bonds is 7. The molecule has 0 saturated heterocycles. The summed E-state index contributed by atoms with van der Waals surface area (Å²) in [4.78, 5) is 10.4. The molecule has 3 nitrogen and oxygen atoms in total. The highest BCUT2D eigenvalue weighted by Crippen LogP contribution is 1.98. The van der Waals surface area contributed by atoms with Gasteiger partial charge < -0.3 is 9.84 Å². The fourth-order valence-electron chi connectivity index (χ4n) is 0.890. The van der Waals surface area contributed by atoms with Crippen LogP contribution in [-0.2, 0) is 9.53 Å². The van der Waals surface area contributed by atoms with Gasteiger partial charge in [0.05, 0.1) is 6.61 Å². The van der Waals surface area contributed by atoms with Gasteiger partial charge in [-0.3, -0.25) is 4.79 Å². The number of allylic oxidation sites excluding steroid dienone is 1. The summed E-state index contributed by atoms with van der Waals surface area (Å²) in [6, 6.07) is 0. The van der Waals surface area contributed by atoms with Crippen LogP contribution in [0, 0.1) is 0 Å². The van der Waals surface area contributed by atoms with Crippen molar-refractivity contribution in [1.82, 2.24) is 0 Å². The van der Waals surface area contributed by atoms with Crippen molar-refractivity contribution in [3.8, 4) is 0 Å². The Balaban J connectivity index is 3.03. The molecule has 0 aliphatic carbocycles. The highest BCUT2D eigenvalue weighted by Gasteiger charge is 1.91. The molecule has 0 unspecified atom stereocenters. The van der Waals surface area contributed by atoms with Crippen molar-refractivity contribution < 1.29 is 14.6 Å². The molecule has 3 heteroatoms. The van der Waals surface area contributed by atoms with E-state index in [2.05, 4.69) is 0 Å². The fraction of sp³-hybridized carbons (Fsp3) is 0.700. The lowest BCUT2D eigenvalue weighted by molar-refractivity contribution is -0.141. The summed E-state index contributed by atoms with van der Waals surface area (Å²) in [6.07, 6.45) is 7.65. The van der Waals surface area contributed by atoms with Crippen molar-refractivity contribution in [2.24, 2.45) is 0 Å². The molecule has 0 spiro atoms. The quantitative estimate of drug-likeness (QED) is 0.373. The summed E-state index contributed by atoms with van der Waals surface area (Å²) in [5.74, 6) is -0.212. The van der Waals surface area contributed by atoms with E-state index < -0.39 is 0 Å². The second-order valence-corrected chi connectivity index (χ2v) is 2.82. The zero-order valence-electron chi connectivity index (χ0n) is 8.16. The number of aliphatic hydroxyl groups is 1. The predicted molar refractivity (Wildman–Crippen MR) is 51.3 cm³/mol. The Morgan fingerprint density at radius 2 is 2.00 bits per heavy atom. The summed E-state index contributed by atoms with van der Waals surface area (Å²) in [7, 11) is 0. The molecule has 13 heavy (non-hydrogen) atoms. The lowest BCUT2D eigenvalue weighted by atomic mass is 10.2. The van der Waals surface area contributed by atoms with Crippen LogP contribution in [0.25, 0.3) is 0 Å². The van der Waals surface area contributed by atoms with Gasteiger partial charge in [0, 0.05) is 13.5 Å². The fourth-order valence-corrected chi connectivity index (χ4v) is 0.890. The molecule has 0 aromatic carbocycles. The maximum absolute atomic E-state index is 10.4. The van der Waals surface area contributed by atoms with Crippen LogP contribution >= 0.6 is 0 Å². The largest absolute Gasteiger partial charge is 0.466 e. The molecule has 0 aliphatic heterocycles. The van der Waals surface area contributed by atoms with Crippen LogP contribution in [-0.4, -0.2) is 24.3 Å². The minimum atomic E-state index is -0.212. The first-order valence-electron chi connectivity index (χ1n) is 4.66. The zero-order chi connectivity index (χ0) is 9.94. The SMILES string of the molecule is CC(=O)OCCCCC=CCCO. The molecule has 0 heterocycles. The maximum atomic E-state index is 10.4. The average Bonchev–Trinajstić information content (AvgIpc) is 2.09. The Morgan fingerprint density at radius 1 is 1.31 bits per heavy atom. The van der Waals surface area contributed by atoms with Gasteiger partial charge in [0.15, 0.2) is 0 Å². The van der Waals surface area contributed by atoms with E-state index in [1.54, 1.807) is 0 Å². The van der Waals surface area contributed by atoms with Crippen molar-refractivity contribution in [2.45, 2.75) is 32.6 Å². The van der Waals surface area contributed by atoms with Crippen LogP contribution in [0.5, 0.6) is 0 Å². The van der Waals surface area contributed by atoms with Crippen LogP contribution < -0.4 is 0 Å². The molecule has 76 valence electrons. The normalized spacial score (nSPS) is 10.6. The number of carbonyl (C=O) groups excluding carboxylic acids is 1. The van der Waals surface area contributed by atoms with E-state index in [9.17, 15) is 4.79 Å². The molecular weight excluding hydrogens is 168 g/mol. The van der Waals surface area contributed by atoms with Gasteiger partial charge in [0.1, 0.15) is 0 Å². The van der Waals surface area contributed by atoms with Gasteiger partial charge in [-0.1, -0.05) is 12.2 Å². The number of ether oxygens (including phenoxy) is 1. The van der Waals surface area contributed by atoms with Gasteiger partial charge in [-0.2, -0.15) is 0 Å². The molecule has 0 aromatic rings. The smallest absolute Gasteiger partial charge is 0.302 e.